The Bertz CT molecular complexity index is 1170. The molecule has 2 fully saturated rings. The molecule has 184 valence electrons. The van der Waals surface area contributed by atoms with Gasteiger partial charge in [-0.05, 0) is 54.2 Å². The largest absolute Gasteiger partial charge is 0.480 e. The predicted octanol–water partition coefficient (Wildman–Crippen LogP) is 2.80. The molecule has 0 aliphatic carbocycles. The maximum Gasteiger partial charge on any atom is 0.337 e. The van der Waals surface area contributed by atoms with Gasteiger partial charge in [0.1, 0.15) is 5.54 Å². The summed E-state index contributed by atoms with van der Waals surface area (Å²) >= 11 is 1.50. The fraction of sp³-hybridized carbons (Fsp3) is 0.385. The van der Waals surface area contributed by atoms with Gasteiger partial charge in [-0.25, -0.2) is 4.79 Å². The van der Waals surface area contributed by atoms with Crippen molar-refractivity contribution >= 4 is 35.5 Å². The third-order valence-corrected chi connectivity index (χ3v) is 7.68. The number of hydrogen-bond acceptors (Lipinski definition) is 7. The standard InChI is InChI=1S/C26H28N2O6S/c1-15-6-4-5-7-18(15)21-19-20(26(27-21,25(32)33)12-13-35-3)23(30)28(22(19)29)14-16-8-10-17(11-9-16)24(31)34-2/h4-11,19-21,27H,12-14H2,1-3H3,(H,32,33). The lowest BCUT2D eigenvalue weighted by Crippen LogP contribution is -2.56. The molecule has 0 aromatic heterocycles. The highest BCUT2D eigenvalue weighted by Crippen LogP contribution is 2.51. The van der Waals surface area contributed by atoms with Gasteiger partial charge in [-0.2, -0.15) is 11.8 Å². The average Bonchev–Trinajstić information content (AvgIpc) is 3.33. The first-order valence-electron chi connectivity index (χ1n) is 11.3. The van der Waals surface area contributed by atoms with Crippen molar-refractivity contribution in [2.45, 2.75) is 31.5 Å². The summed E-state index contributed by atoms with van der Waals surface area (Å²) < 4.78 is 4.71. The number of carbonyl (C=O) groups excluding carboxylic acids is 3. The first-order chi connectivity index (χ1) is 16.7. The van der Waals surface area contributed by atoms with E-state index in [9.17, 15) is 24.3 Å². The predicted molar refractivity (Wildman–Crippen MR) is 131 cm³/mol. The number of thioether (sulfide) groups is 1. The van der Waals surface area contributed by atoms with E-state index in [0.29, 0.717) is 16.9 Å². The van der Waals surface area contributed by atoms with E-state index < -0.39 is 41.3 Å². The van der Waals surface area contributed by atoms with Crippen molar-refractivity contribution in [1.82, 2.24) is 10.2 Å². The molecule has 2 amide bonds. The molecule has 0 bridgehead atoms. The summed E-state index contributed by atoms with van der Waals surface area (Å²) in [4.78, 5) is 53.0. The van der Waals surface area contributed by atoms with Crippen LogP contribution in [-0.2, 0) is 25.7 Å². The summed E-state index contributed by atoms with van der Waals surface area (Å²) in [6.45, 7) is 1.92. The van der Waals surface area contributed by atoms with Crippen LogP contribution < -0.4 is 5.32 Å². The molecular formula is C26H28N2O6S. The minimum atomic E-state index is -1.54. The highest BCUT2D eigenvalue weighted by molar-refractivity contribution is 7.98. The number of amides is 2. The summed E-state index contributed by atoms with van der Waals surface area (Å²) in [5.41, 5.74) is 1.21. The second-order valence-corrected chi connectivity index (χ2v) is 9.94. The van der Waals surface area contributed by atoms with Gasteiger partial charge in [-0.1, -0.05) is 36.4 Å². The number of benzene rings is 2. The zero-order valence-electron chi connectivity index (χ0n) is 19.8. The average molecular weight is 497 g/mol. The van der Waals surface area contributed by atoms with E-state index in [4.69, 9.17) is 4.74 Å². The van der Waals surface area contributed by atoms with Crippen molar-refractivity contribution in [3.63, 3.8) is 0 Å². The Morgan fingerprint density at radius 1 is 1.11 bits per heavy atom. The van der Waals surface area contributed by atoms with E-state index >= 15 is 0 Å². The molecule has 2 aromatic carbocycles. The van der Waals surface area contributed by atoms with Crippen LogP contribution in [0, 0.1) is 18.8 Å². The minimum Gasteiger partial charge on any atom is -0.480 e. The molecule has 0 spiro atoms. The van der Waals surface area contributed by atoms with Gasteiger partial charge in [0, 0.05) is 6.04 Å². The smallest absolute Gasteiger partial charge is 0.337 e. The van der Waals surface area contributed by atoms with Crippen LogP contribution in [-0.4, -0.2) is 58.4 Å². The number of carboxylic acids is 1. The fourth-order valence-electron chi connectivity index (χ4n) is 5.26. The molecule has 8 nitrogen and oxygen atoms in total. The van der Waals surface area contributed by atoms with Crippen molar-refractivity contribution in [2.24, 2.45) is 11.8 Å². The van der Waals surface area contributed by atoms with Crippen LogP contribution in [0.2, 0.25) is 0 Å². The molecule has 2 aliphatic rings. The Morgan fingerprint density at radius 3 is 2.40 bits per heavy atom. The molecule has 4 rings (SSSR count). The molecule has 35 heavy (non-hydrogen) atoms. The van der Waals surface area contributed by atoms with Crippen molar-refractivity contribution in [3.05, 3.63) is 70.8 Å². The van der Waals surface area contributed by atoms with Crippen molar-refractivity contribution in [2.75, 3.05) is 19.1 Å². The van der Waals surface area contributed by atoms with E-state index in [2.05, 4.69) is 5.32 Å². The summed E-state index contributed by atoms with van der Waals surface area (Å²) in [6.07, 6.45) is 2.10. The first kappa shape index (κ1) is 24.9. The van der Waals surface area contributed by atoms with E-state index in [0.717, 1.165) is 11.1 Å². The summed E-state index contributed by atoms with van der Waals surface area (Å²) in [5, 5.41) is 13.6. The molecule has 2 aliphatic heterocycles. The lowest BCUT2D eigenvalue weighted by molar-refractivity contribution is -0.151. The number of esters is 1. The Morgan fingerprint density at radius 2 is 1.80 bits per heavy atom. The summed E-state index contributed by atoms with van der Waals surface area (Å²) in [7, 11) is 1.29. The topological polar surface area (TPSA) is 113 Å². The number of carbonyl (C=O) groups is 4. The number of ether oxygens (including phenoxy) is 1. The molecule has 2 aromatic rings. The van der Waals surface area contributed by atoms with Crippen LogP contribution in [0.25, 0.3) is 0 Å². The molecule has 2 heterocycles. The number of nitrogens with one attached hydrogen (secondary N) is 1. The molecule has 4 unspecified atom stereocenters. The fourth-order valence-corrected chi connectivity index (χ4v) is 5.79. The number of carboxylic acid groups (broad SMARTS) is 1. The highest BCUT2D eigenvalue weighted by Gasteiger charge is 2.68. The number of nitrogens with zero attached hydrogens (tertiary/aromatic N) is 1. The van der Waals surface area contributed by atoms with Gasteiger partial charge in [0.15, 0.2) is 0 Å². The summed E-state index contributed by atoms with van der Waals surface area (Å²) in [6, 6.07) is 13.4. The number of hydrogen-bond donors (Lipinski definition) is 2. The second kappa shape index (κ2) is 9.83. The van der Waals surface area contributed by atoms with E-state index in [1.165, 1.54) is 23.8 Å². The number of methoxy groups -OCH3 is 1. The first-order valence-corrected chi connectivity index (χ1v) is 12.7. The van der Waals surface area contributed by atoms with Crippen molar-refractivity contribution in [1.29, 1.82) is 0 Å². The Labute approximate surface area is 208 Å². The van der Waals surface area contributed by atoms with Gasteiger partial charge in [0.25, 0.3) is 0 Å². The number of aliphatic carboxylic acids is 1. The number of imide groups is 1. The SMILES string of the molecule is COC(=O)c1ccc(CN2C(=O)C3C(c4ccccc4C)NC(CCSC)(C(=O)O)C3C2=O)cc1. The zero-order valence-corrected chi connectivity index (χ0v) is 20.6. The van der Waals surface area contributed by atoms with Gasteiger partial charge in [-0.15, -0.1) is 0 Å². The van der Waals surface area contributed by atoms with Gasteiger partial charge >= 0.3 is 11.9 Å². The Hall–Kier alpha value is -3.17. The molecular weight excluding hydrogens is 468 g/mol. The lowest BCUT2D eigenvalue weighted by atomic mass is 9.77. The zero-order chi connectivity index (χ0) is 25.3. The lowest BCUT2D eigenvalue weighted by Gasteiger charge is -2.31. The van der Waals surface area contributed by atoms with Crippen LogP contribution in [0.1, 0.15) is 39.5 Å². The number of fused-ring (bicyclic) bond motifs is 1. The molecule has 9 heteroatoms. The van der Waals surface area contributed by atoms with Gasteiger partial charge in [0.05, 0.1) is 31.1 Å². The van der Waals surface area contributed by atoms with Gasteiger partial charge < -0.3 is 9.84 Å². The third-order valence-electron chi connectivity index (χ3n) is 7.07. The van der Waals surface area contributed by atoms with Crippen LogP contribution in [0.15, 0.2) is 48.5 Å². The molecule has 0 radical (unpaired) electrons. The van der Waals surface area contributed by atoms with E-state index in [-0.39, 0.29) is 18.9 Å². The van der Waals surface area contributed by atoms with Gasteiger partial charge in [-0.3, -0.25) is 24.6 Å². The van der Waals surface area contributed by atoms with Crippen molar-refractivity contribution in [3.8, 4) is 0 Å². The van der Waals surface area contributed by atoms with E-state index in [1.807, 2.05) is 37.4 Å². The second-order valence-electron chi connectivity index (χ2n) is 8.95. The molecule has 2 saturated heterocycles. The third kappa shape index (κ3) is 4.23. The van der Waals surface area contributed by atoms with Crippen molar-refractivity contribution < 1.29 is 29.0 Å². The maximum atomic E-state index is 13.7. The number of likely N-dealkylation sites (tertiary alicyclic amines) is 1. The quantitative estimate of drug-likeness (QED) is 0.424. The molecule has 4 atom stereocenters. The molecule has 0 saturated carbocycles. The molecule has 2 N–H and O–H groups in total. The highest BCUT2D eigenvalue weighted by atomic mass is 32.2. The van der Waals surface area contributed by atoms with Gasteiger partial charge in [0.2, 0.25) is 11.8 Å². The Kier molecular flexibility index (Phi) is 7.00. The minimum absolute atomic E-state index is 0.00480. The normalized spacial score (nSPS) is 25.6. The number of rotatable bonds is 8. The van der Waals surface area contributed by atoms with E-state index in [1.54, 1.807) is 24.3 Å². The number of aryl methyl sites for hydroxylation is 1. The monoisotopic (exact) mass is 496 g/mol. The van der Waals surface area contributed by atoms with Crippen LogP contribution >= 0.6 is 11.8 Å². The van der Waals surface area contributed by atoms with Crippen LogP contribution in [0.4, 0.5) is 0 Å². The van der Waals surface area contributed by atoms with Crippen LogP contribution in [0.5, 0.6) is 0 Å². The Balaban J connectivity index is 1.72. The van der Waals surface area contributed by atoms with Crippen LogP contribution in [0.3, 0.4) is 0 Å². The maximum absolute atomic E-state index is 13.7. The summed E-state index contributed by atoms with van der Waals surface area (Å²) in [5.74, 6) is -3.78.